The van der Waals surface area contributed by atoms with Gasteiger partial charge in [0.15, 0.2) is 0 Å². The fourth-order valence-electron chi connectivity index (χ4n) is 3.60. The number of pyridine rings is 1. The van der Waals surface area contributed by atoms with Gasteiger partial charge in [-0.25, -0.2) is 4.98 Å². The number of carbonyl (C=O) groups excluding carboxylic acids is 2. The molecule has 2 aromatic carbocycles. The molecular formula is C24H21Cl2N3O4. The van der Waals surface area contributed by atoms with Crippen LogP contribution in [0.15, 0.2) is 60.8 Å². The summed E-state index contributed by atoms with van der Waals surface area (Å²) in [5, 5.41) is 0.797. The van der Waals surface area contributed by atoms with Gasteiger partial charge < -0.3 is 19.3 Å². The number of nitrogens with zero attached hydrogens (tertiary/aromatic N) is 3. The second-order valence-corrected chi connectivity index (χ2v) is 8.05. The molecule has 7 nitrogen and oxygen atoms in total. The van der Waals surface area contributed by atoms with Crippen LogP contribution >= 0.6 is 23.2 Å². The molecule has 0 bridgehead atoms. The normalized spacial score (nSPS) is 12.8. The van der Waals surface area contributed by atoms with Crippen molar-refractivity contribution in [2.45, 2.75) is 6.92 Å². The highest BCUT2D eigenvalue weighted by Gasteiger charge is 2.30. The van der Waals surface area contributed by atoms with Gasteiger partial charge in [-0.2, -0.15) is 0 Å². The number of fused-ring (bicyclic) bond motifs is 1. The van der Waals surface area contributed by atoms with E-state index < -0.39 is 0 Å². The fraction of sp³-hybridized carbons (Fsp3) is 0.208. The van der Waals surface area contributed by atoms with Crippen molar-refractivity contribution < 1.29 is 19.1 Å². The number of hydrogen-bond acceptors (Lipinski definition) is 6. The number of amides is 1. The van der Waals surface area contributed by atoms with Crippen LogP contribution in [-0.4, -0.2) is 43.1 Å². The zero-order valence-electron chi connectivity index (χ0n) is 17.8. The highest BCUT2D eigenvalue weighted by molar-refractivity contribution is 6.34. The van der Waals surface area contributed by atoms with Gasteiger partial charge in [0.25, 0.3) is 5.91 Å². The second kappa shape index (κ2) is 10.1. The summed E-state index contributed by atoms with van der Waals surface area (Å²) < 4.78 is 11.0. The number of rotatable bonds is 6. The van der Waals surface area contributed by atoms with E-state index in [0.29, 0.717) is 41.2 Å². The average molecular weight is 486 g/mol. The Bertz CT molecular complexity index is 1190. The minimum Gasteiger partial charge on any atom is -0.465 e. The van der Waals surface area contributed by atoms with E-state index in [2.05, 4.69) is 4.98 Å². The predicted octanol–water partition coefficient (Wildman–Crippen LogP) is 5.21. The Kier molecular flexibility index (Phi) is 7.01. The van der Waals surface area contributed by atoms with Crippen molar-refractivity contribution in [2.24, 2.45) is 0 Å². The number of para-hydroxylation sites is 2. The Hall–Kier alpha value is -3.29. The van der Waals surface area contributed by atoms with Crippen LogP contribution in [-0.2, 0) is 9.53 Å². The maximum atomic E-state index is 13.6. The Morgan fingerprint density at radius 3 is 2.61 bits per heavy atom. The summed E-state index contributed by atoms with van der Waals surface area (Å²) in [6.07, 6.45) is 1.54. The van der Waals surface area contributed by atoms with Crippen molar-refractivity contribution in [3.05, 3.63) is 76.4 Å². The maximum Gasteiger partial charge on any atom is 0.325 e. The Labute approximate surface area is 201 Å². The van der Waals surface area contributed by atoms with E-state index in [1.54, 1.807) is 42.2 Å². The summed E-state index contributed by atoms with van der Waals surface area (Å²) in [5.74, 6) is -0.164. The number of anilines is 2. The quantitative estimate of drug-likeness (QED) is 0.446. The molecule has 0 aliphatic carbocycles. The van der Waals surface area contributed by atoms with E-state index in [1.165, 1.54) is 6.20 Å². The molecular weight excluding hydrogens is 465 g/mol. The summed E-state index contributed by atoms with van der Waals surface area (Å²) in [4.78, 5) is 33.4. The number of halogens is 2. The van der Waals surface area contributed by atoms with E-state index in [1.807, 2.05) is 29.2 Å². The summed E-state index contributed by atoms with van der Waals surface area (Å²) in [6, 6.07) is 15.6. The van der Waals surface area contributed by atoms with Crippen LogP contribution in [0.4, 0.5) is 11.4 Å². The number of aromatic nitrogens is 1. The number of hydrogen-bond donors (Lipinski definition) is 0. The lowest BCUT2D eigenvalue weighted by Gasteiger charge is -2.37. The molecule has 9 heteroatoms. The molecule has 0 spiro atoms. The Balaban J connectivity index is 1.63. The van der Waals surface area contributed by atoms with Crippen LogP contribution in [0.2, 0.25) is 10.0 Å². The van der Waals surface area contributed by atoms with E-state index >= 15 is 0 Å². The first-order valence-corrected chi connectivity index (χ1v) is 11.1. The molecule has 4 rings (SSSR count). The molecule has 0 saturated carbocycles. The van der Waals surface area contributed by atoms with Crippen LogP contribution in [0, 0.1) is 0 Å². The highest BCUT2D eigenvalue weighted by Crippen LogP contribution is 2.36. The average Bonchev–Trinajstić information content (AvgIpc) is 2.82. The SMILES string of the molecule is CCOC(=O)CN1CCN(C(=O)c2cccnc2Oc2cc(Cl)ccc2Cl)c2ccccc21. The van der Waals surface area contributed by atoms with Crippen LogP contribution in [0.1, 0.15) is 17.3 Å². The summed E-state index contributed by atoms with van der Waals surface area (Å²) in [5.41, 5.74) is 1.74. The molecule has 2 heterocycles. The molecule has 0 atom stereocenters. The largest absolute Gasteiger partial charge is 0.465 e. The van der Waals surface area contributed by atoms with Gasteiger partial charge in [0.2, 0.25) is 5.88 Å². The van der Waals surface area contributed by atoms with Gasteiger partial charge in [0.1, 0.15) is 17.9 Å². The molecule has 170 valence electrons. The monoisotopic (exact) mass is 485 g/mol. The molecule has 1 aromatic heterocycles. The van der Waals surface area contributed by atoms with Crippen molar-refractivity contribution >= 4 is 46.5 Å². The van der Waals surface area contributed by atoms with Crippen LogP contribution < -0.4 is 14.5 Å². The number of carbonyl (C=O) groups is 2. The molecule has 0 saturated heterocycles. The summed E-state index contributed by atoms with van der Waals surface area (Å²) >= 11 is 12.3. The summed E-state index contributed by atoms with van der Waals surface area (Å²) in [7, 11) is 0. The van der Waals surface area contributed by atoms with Crippen LogP contribution in [0.25, 0.3) is 0 Å². The predicted molar refractivity (Wildman–Crippen MR) is 128 cm³/mol. The zero-order chi connectivity index (χ0) is 23.4. The maximum absolute atomic E-state index is 13.6. The highest BCUT2D eigenvalue weighted by atomic mass is 35.5. The van der Waals surface area contributed by atoms with Gasteiger partial charge >= 0.3 is 5.97 Å². The lowest BCUT2D eigenvalue weighted by Crippen LogP contribution is -2.46. The molecule has 0 radical (unpaired) electrons. The Morgan fingerprint density at radius 1 is 1.03 bits per heavy atom. The van der Waals surface area contributed by atoms with Crippen molar-refractivity contribution in [2.75, 3.05) is 36.0 Å². The van der Waals surface area contributed by atoms with E-state index in [-0.39, 0.29) is 29.9 Å². The van der Waals surface area contributed by atoms with Crippen molar-refractivity contribution in [3.8, 4) is 11.6 Å². The molecule has 1 amide bonds. The number of esters is 1. The molecule has 33 heavy (non-hydrogen) atoms. The standard InChI is InChI=1S/C24H21Cl2N3O4/c1-2-32-22(30)15-28-12-13-29(20-8-4-3-7-19(20)28)24(31)17-6-5-11-27-23(17)33-21-14-16(25)9-10-18(21)26/h3-11,14H,2,12-13,15H2,1H3. The van der Waals surface area contributed by atoms with Crippen molar-refractivity contribution in [1.29, 1.82) is 0 Å². The number of benzene rings is 2. The zero-order valence-corrected chi connectivity index (χ0v) is 19.3. The first kappa shape index (κ1) is 22.9. The third-order valence-electron chi connectivity index (χ3n) is 5.08. The van der Waals surface area contributed by atoms with E-state index in [0.717, 1.165) is 5.69 Å². The van der Waals surface area contributed by atoms with E-state index in [9.17, 15) is 9.59 Å². The van der Waals surface area contributed by atoms with Gasteiger partial charge in [-0.15, -0.1) is 0 Å². The summed E-state index contributed by atoms with van der Waals surface area (Å²) in [6.45, 7) is 3.05. The smallest absolute Gasteiger partial charge is 0.325 e. The van der Waals surface area contributed by atoms with Crippen molar-refractivity contribution in [1.82, 2.24) is 4.98 Å². The van der Waals surface area contributed by atoms with Crippen molar-refractivity contribution in [3.63, 3.8) is 0 Å². The first-order valence-electron chi connectivity index (χ1n) is 10.4. The lowest BCUT2D eigenvalue weighted by molar-refractivity contribution is -0.141. The van der Waals surface area contributed by atoms with Gasteiger partial charge in [-0.05, 0) is 43.3 Å². The third-order valence-corrected chi connectivity index (χ3v) is 5.63. The van der Waals surface area contributed by atoms with Crippen LogP contribution in [0.5, 0.6) is 11.6 Å². The number of ether oxygens (including phenoxy) is 2. The topological polar surface area (TPSA) is 72.0 Å². The second-order valence-electron chi connectivity index (χ2n) is 7.21. The van der Waals surface area contributed by atoms with Gasteiger partial charge in [-0.1, -0.05) is 35.3 Å². The van der Waals surface area contributed by atoms with Crippen LogP contribution in [0.3, 0.4) is 0 Å². The molecule has 0 unspecified atom stereocenters. The molecule has 0 fully saturated rings. The fourth-order valence-corrected chi connectivity index (χ4v) is 3.92. The van der Waals surface area contributed by atoms with Gasteiger partial charge in [0.05, 0.1) is 23.0 Å². The first-order chi connectivity index (χ1) is 16.0. The molecule has 1 aliphatic rings. The van der Waals surface area contributed by atoms with Gasteiger partial charge in [-0.3, -0.25) is 9.59 Å². The van der Waals surface area contributed by atoms with E-state index in [4.69, 9.17) is 32.7 Å². The lowest BCUT2D eigenvalue weighted by atomic mass is 10.1. The minimum absolute atomic E-state index is 0.113. The van der Waals surface area contributed by atoms with Gasteiger partial charge in [0, 0.05) is 30.4 Å². The minimum atomic E-state index is -0.312. The third kappa shape index (κ3) is 5.05. The Morgan fingerprint density at radius 2 is 1.82 bits per heavy atom. The molecule has 1 aliphatic heterocycles. The molecule has 3 aromatic rings. The molecule has 0 N–H and O–H groups in total.